The summed E-state index contributed by atoms with van der Waals surface area (Å²) < 4.78 is 13.6. The molecule has 1 aromatic rings. The Hall–Kier alpha value is -1.09. The maximum atomic E-state index is 13.6. The van der Waals surface area contributed by atoms with E-state index in [1.54, 1.807) is 12.1 Å². The van der Waals surface area contributed by atoms with Gasteiger partial charge >= 0.3 is 0 Å². The van der Waals surface area contributed by atoms with E-state index in [9.17, 15) is 9.18 Å². The van der Waals surface area contributed by atoms with E-state index < -0.39 is 5.82 Å². The normalized spacial score (nSPS) is 16.4. The van der Waals surface area contributed by atoms with Crippen molar-refractivity contribution in [3.8, 4) is 0 Å². The van der Waals surface area contributed by atoms with Gasteiger partial charge in [0.25, 0.3) is 0 Å². The summed E-state index contributed by atoms with van der Waals surface area (Å²) in [6.07, 6.45) is 4.59. The zero-order valence-electron chi connectivity index (χ0n) is 10.3. The molecule has 98 valence electrons. The van der Waals surface area contributed by atoms with Crippen molar-refractivity contribution in [3.05, 3.63) is 34.6 Å². The number of hydrogen-bond acceptors (Lipinski definition) is 1. The third kappa shape index (κ3) is 3.45. The fourth-order valence-corrected chi connectivity index (χ4v) is 2.42. The Bertz CT molecular complexity index is 428. The van der Waals surface area contributed by atoms with Crippen molar-refractivity contribution in [2.45, 2.75) is 32.1 Å². The Labute approximate surface area is 112 Å². The number of amides is 1. The van der Waals surface area contributed by atoms with Gasteiger partial charge in [0.1, 0.15) is 5.82 Å². The van der Waals surface area contributed by atoms with Crippen LogP contribution in [0.2, 0.25) is 5.02 Å². The summed E-state index contributed by atoms with van der Waals surface area (Å²) in [6.45, 7) is 1.60. The van der Waals surface area contributed by atoms with E-state index in [1.807, 2.05) is 4.90 Å². The zero-order valence-corrected chi connectivity index (χ0v) is 11.0. The summed E-state index contributed by atoms with van der Waals surface area (Å²) in [4.78, 5) is 13.9. The quantitative estimate of drug-likeness (QED) is 0.806. The third-order valence-electron chi connectivity index (χ3n) is 3.32. The maximum absolute atomic E-state index is 13.6. The molecule has 0 atom stereocenters. The van der Waals surface area contributed by atoms with E-state index in [2.05, 4.69) is 0 Å². The highest BCUT2D eigenvalue weighted by Crippen LogP contribution is 2.17. The highest BCUT2D eigenvalue weighted by Gasteiger charge is 2.17. The predicted molar refractivity (Wildman–Crippen MR) is 70.2 cm³/mol. The van der Waals surface area contributed by atoms with Gasteiger partial charge in [-0.1, -0.05) is 30.5 Å². The van der Waals surface area contributed by atoms with Crippen LogP contribution in [0.4, 0.5) is 4.39 Å². The van der Waals surface area contributed by atoms with E-state index in [1.165, 1.54) is 18.9 Å². The Morgan fingerprint density at radius 1 is 1.22 bits per heavy atom. The van der Waals surface area contributed by atoms with Gasteiger partial charge in [-0.2, -0.15) is 0 Å². The fraction of sp³-hybridized carbons (Fsp3) is 0.500. The van der Waals surface area contributed by atoms with Gasteiger partial charge in [0.05, 0.1) is 6.42 Å². The van der Waals surface area contributed by atoms with Crippen LogP contribution in [0.5, 0.6) is 0 Å². The second kappa shape index (κ2) is 6.19. The lowest BCUT2D eigenvalue weighted by atomic mass is 10.1. The molecule has 1 aliphatic rings. The van der Waals surface area contributed by atoms with Crippen LogP contribution in [0, 0.1) is 5.82 Å². The largest absolute Gasteiger partial charge is 0.342 e. The molecule has 1 aliphatic heterocycles. The van der Waals surface area contributed by atoms with Crippen LogP contribution in [0.1, 0.15) is 31.2 Å². The van der Waals surface area contributed by atoms with Gasteiger partial charge in [0, 0.05) is 18.1 Å². The van der Waals surface area contributed by atoms with Gasteiger partial charge in [0.2, 0.25) is 5.91 Å². The lowest BCUT2D eigenvalue weighted by Gasteiger charge is -2.20. The molecule has 0 spiro atoms. The fourth-order valence-electron chi connectivity index (χ4n) is 2.26. The second-order valence-electron chi connectivity index (χ2n) is 4.71. The van der Waals surface area contributed by atoms with Crippen LogP contribution in [-0.2, 0) is 11.2 Å². The van der Waals surface area contributed by atoms with E-state index in [4.69, 9.17) is 11.6 Å². The molecule has 1 heterocycles. The first-order valence-corrected chi connectivity index (χ1v) is 6.76. The van der Waals surface area contributed by atoms with Crippen molar-refractivity contribution in [2.75, 3.05) is 13.1 Å². The summed E-state index contributed by atoms with van der Waals surface area (Å²) in [5.41, 5.74) is 0.425. The lowest BCUT2D eigenvalue weighted by molar-refractivity contribution is -0.130. The second-order valence-corrected chi connectivity index (χ2v) is 5.14. The van der Waals surface area contributed by atoms with Crippen LogP contribution in [-0.4, -0.2) is 23.9 Å². The molecule has 0 saturated carbocycles. The number of halogens is 2. The third-order valence-corrected chi connectivity index (χ3v) is 3.55. The number of carbonyl (C=O) groups is 1. The summed E-state index contributed by atoms with van der Waals surface area (Å²) in [5.74, 6) is -0.385. The topological polar surface area (TPSA) is 20.3 Å². The Morgan fingerprint density at radius 3 is 2.50 bits per heavy atom. The molecular weight excluding hydrogens is 253 g/mol. The van der Waals surface area contributed by atoms with Crippen molar-refractivity contribution in [1.29, 1.82) is 0 Å². The van der Waals surface area contributed by atoms with Crippen LogP contribution in [0.25, 0.3) is 0 Å². The summed E-state index contributed by atoms with van der Waals surface area (Å²) in [7, 11) is 0. The number of carbonyl (C=O) groups excluding carboxylic acids is 1. The van der Waals surface area contributed by atoms with Crippen LogP contribution in [0.15, 0.2) is 18.2 Å². The minimum absolute atomic E-state index is 0.0122. The van der Waals surface area contributed by atoms with Gasteiger partial charge in [-0.05, 0) is 30.5 Å². The molecule has 0 radical (unpaired) electrons. The smallest absolute Gasteiger partial charge is 0.227 e. The van der Waals surface area contributed by atoms with Crippen LogP contribution < -0.4 is 0 Å². The average Bonchev–Trinajstić information content (AvgIpc) is 2.61. The molecule has 1 saturated heterocycles. The molecule has 0 bridgehead atoms. The van der Waals surface area contributed by atoms with E-state index in [-0.39, 0.29) is 12.3 Å². The molecule has 1 fully saturated rings. The number of hydrogen-bond donors (Lipinski definition) is 0. The minimum atomic E-state index is -0.398. The van der Waals surface area contributed by atoms with Crippen molar-refractivity contribution < 1.29 is 9.18 Å². The first kappa shape index (κ1) is 13.3. The molecule has 0 N–H and O–H groups in total. The van der Waals surface area contributed by atoms with Gasteiger partial charge < -0.3 is 4.90 Å². The summed E-state index contributed by atoms with van der Waals surface area (Å²) in [5, 5.41) is 0.360. The molecule has 0 unspecified atom stereocenters. The molecular formula is C14H17ClFNO. The number of nitrogens with zero attached hydrogens (tertiary/aromatic N) is 1. The minimum Gasteiger partial charge on any atom is -0.342 e. The molecule has 4 heteroatoms. The molecule has 18 heavy (non-hydrogen) atoms. The van der Waals surface area contributed by atoms with Gasteiger partial charge in [-0.25, -0.2) is 4.39 Å². The summed E-state index contributed by atoms with van der Waals surface area (Å²) in [6, 6.07) is 4.47. The monoisotopic (exact) mass is 269 g/mol. The molecule has 2 rings (SSSR count). The number of likely N-dealkylation sites (tertiary alicyclic amines) is 1. The average molecular weight is 270 g/mol. The zero-order chi connectivity index (χ0) is 13.0. The summed E-state index contributed by atoms with van der Waals surface area (Å²) >= 11 is 5.69. The molecule has 1 amide bonds. The SMILES string of the molecule is O=C(Cc1ccc(Cl)cc1F)N1CCCCCC1. The van der Waals surface area contributed by atoms with Gasteiger partial charge in [-0.3, -0.25) is 4.79 Å². The Kier molecular flexibility index (Phi) is 4.59. The first-order valence-electron chi connectivity index (χ1n) is 6.38. The van der Waals surface area contributed by atoms with Crippen LogP contribution in [0.3, 0.4) is 0 Å². The van der Waals surface area contributed by atoms with E-state index >= 15 is 0 Å². The highest BCUT2D eigenvalue weighted by atomic mass is 35.5. The molecule has 0 aliphatic carbocycles. The molecule has 0 aromatic heterocycles. The highest BCUT2D eigenvalue weighted by molar-refractivity contribution is 6.30. The van der Waals surface area contributed by atoms with Crippen molar-refractivity contribution in [3.63, 3.8) is 0 Å². The Balaban J connectivity index is 2.01. The van der Waals surface area contributed by atoms with E-state index in [0.29, 0.717) is 10.6 Å². The van der Waals surface area contributed by atoms with Gasteiger partial charge in [-0.15, -0.1) is 0 Å². The van der Waals surface area contributed by atoms with E-state index in [0.717, 1.165) is 25.9 Å². The molecule has 1 aromatic carbocycles. The van der Waals surface area contributed by atoms with Crippen molar-refractivity contribution >= 4 is 17.5 Å². The lowest BCUT2D eigenvalue weighted by Crippen LogP contribution is -2.33. The number of rotatable bonds is 2. The molecule has 2 nitrogen and oxygen atoms in total. The van der Waals surface area contributed by atoms with Crippen molar-refractivity contribution in [1.82, 2.24) is 4.90 Å². The van der Waals surface area contributed by atoms with Gasteiger partial charge in [0.15, 0.2) is 0 Å². The first-order chi connectivity index (χ1) is 8.66. The number of benzene rings is 1. The standard InChI is InChI=1S/C14H17ClFNO/c15-12-6-5-11(13(16)10-12)9-14(18)17-7-3-1-2-4-8-17/h5-6,10H,1-4,7-9H2. The maximum Gasteiger partial charge on any atom is 0.227 e. The predicted octanol–water partition coefficient (Wildman–Crippen LogP) is 3.42. The van der Waals surface area contributed by atoms with Crippen LogP contribution >= 0.6 is 11.6 Å². The Morgan fingerprint density at radius 2 is 1.89 bits per heavy atom. The van der Waals surface area contributed by atoms with Crippen molar-refractivity contribution in [2.24, 2.45) is 0 Å².